The van der Waals surface area contributed by atoms with Crippen molar-refractivity contribution in [3.05, 3.63) is 34.2 Å². The van der Waals surface area contributed by atoms with Crippen LogP contribution in [0.2, 0.25) is 0 Å². The Morgan fingerprint density at radius 3 is 2.73 bits per heavy atom. The molecule has 15 heavy (non-hydrogen) atoms. The van der Waals surface area contributed by atoms with Gasteiger partial charge in [0.2, 0.25) is 0 Å². The fourth-order valence-corrected chi connectivity index (χ4v) is 1.18. The molecule has 0 unspecified atom stereocenters. The second kappa shape index (κ2) is 4.75. The van der Waals surface area contributed by atoms with Crippen LogP contribution < -0.4 is 5.56 Å². The Morgan fingerprint density at radius 1 is 1.53 bits per heavy atom. The maximum atomic E-state index is 11.6. The monoisotopic (exact) mass is 210 g/mol. The highest BCUT2D eigenvalue weighted by molar-refractivity contribution is 5.86. The maximum absolute atomic E-state index is 11.6. The van der Waals surface area contributed by atoms with Gasteiger partial charge in [-0.05, 0) is 26.2 Å². The molecule has 5 nitrogen and oxygen atoms in total. The topological polar surface area (TPSA) is 62.5 Å². The SMILES string of the molecule is CN(C)CCn1cccc(C(=O)O)c1=O. The second-order valence-corrected chi connectivity index (χ2v) is 3.53. The van der Waals surface area contributed by atoms with Gasteiger partial charge in [-0.25, -0.2) is 4.79 Å². The van der Waals surface area contributed by atoms with E-state index in [1.807, 2.05) is 19.0 Å². The van der Waals surface area contributed by atoms with Crippen LogP contribution >= 0.6 is 0 Å². The van der Waals surface area contributed by atoms with Crippen molar-refractivity contribution in [3.63, 3.8) is 0 Å². The Morgan fingerprint density at radius 2 is 2.20 bits per heavy atom. The highest BCUT2D eigenvalue weighted by Crippen LogP contribution is 1.92. The van der Waals surface area contributed by atoms with E-state index in [4.69, 9.17) is 5.11 Å². The van der Waals surface area contributed by atoms with Crippen LogP contribution in [0.5, 0.6) is 0 Å². The highest BCUT2D eigenvalue weighted by Gasteiger charge is 2.09. The molecule has 0 aromatic carbocycles. The molecule has 0 aliphatic carbocycles. The van der Waals surface area contributed by atoms with E-state index >= 15 is 0 Å². The van der Waals surface area contributed by atoms with E-state index in [2.05, 4.69) is 0 Å². The quantitative estimate of drug-likeness (QED) is 0.766. The summed E-state index contributed by atoms with van der Waals surface area (Å²) < 4.78 is 1.41. The number of pyridine rings is 1. The third kappa shape index (κ3) is 2.92. The summed E-state index contributed by atoms with van der Waals surface area (Å²) in [5, 5.41) is 8.74. The molecule has 0 amide bonds. The van der Waals surface area contributed by atoms with Gasteiger partial charge in [0.05, 0.1) is 0 Å². The summed E-state index contributed by atoms with van der Waals surface area (Å²) in [7, 11) is 3.79. The molecule has 0 bridgehead atoms. The molecule has 0 aliphatic rings. The Labute approximate surface area is 87.6 Å². The van der Waals surface area contributed by atoms with E-state index in [0.29, 0.717) is 13.1 Å². The fourth-order valence-electron chi connectivity index (χ4n) is 1.18. The molecule has 1 N–H and O–H groups in total. The molecule has 1 aromatic rings. The van der Waals surface area contributed by atoms with E-state index in [9.17, 15) is 9.59 Å². The molecule has 0 saturated carbocycles. The molecule has 0 saturated heterocycles. The van der Waals surface area contributed by atoms with Crippen LogP contribution in [0.15, 0.2) is 23.1 Å². The predicted octanol–water partition coefficient (Wildman–Crippen LogP) is 0.108. The van der Waals surface area contributed by atoms with Gasteiger partial charge in [0.15, 0.2) is 0 Å². The van der Waals surface area contributed by atoms with Crippen LogP contribution in [0.3, 0.4) is 0 Å². The Hall–Kier alpha value is -1.62. The lowest BCUT2D eigenvalue weighted by Crippen LogP contribution is -2.29. The highest BCUT2D eigenvalue weighted by atomic mass is 16.4. The van der Waals surface area contributed by atoms with Crippen molar-refractivity contribution in [2.24, 2.45) is 0 Å². The number of rotatable bonds is 4. The van der Waals surface area contributed by atoms with Crippen molar-refractivity contribution < 1.29 is 9.90 Å². The van der Waals surface area contributed by atoms with Crippen LogP contribution in [-0.4, -0.2) is 41.2 Å². The number of carbonyl (C=O) groups is 1. The van der Waals surface area contributed by atoms with Crippen LogP contribution in [0, 0.1) is 0 Å². The number of carboxylic acids is 1. The lowest BCUT2D eigenvalue weighted by atomic mass is 10.3. The smallest absolute Gasteiger partial charge is 0.341 e. The van der Waals surface area contributed by atoms with Crippen LogP contribution in [0.1, 0.15) is 10.4 Å². The van der Waals surface area contributed by atoms with Crippen LogP contribution in [-0.2, 0) is 6.54 Å². The number of hydrogen-bond acceptors (Lipinski definition) is 3. The minimum absolute atomic E-state index is 0.184. The number of carboxylic acid groups (broad SMARTS) is 1. The number of likely N-dealkylation sites (N-methyl/N-ethyl adjacent to an activating group) is 1. The van der Waals surface area contributed by atoms with Gasteiger partial charge in [-0.2, -0.15) is 0 Å². The first-order valence-electron chi connectivity index (χ1n) is 4.60. The summed E-state index contributed by atoms with van der Waals surface area (Å²) in [5.74, 6) is -1.18. The summed E-state index contributed by atoms with van der Waals surface area (Å²) in [6, 6.07) is 2.89. The van der Waals surface area contributed by atoms with E-state index in [0.717, 1.165) is 0 Å². The molecule has 1 aromatic heterocycles. The first-order valence-corrected chi connectivity index (χ1v) is 4.60. The molecule has 0 atom stereocenters. The summed E-state index contributed by atoms with van der Waals surface area (Å²) in [4.78, 5) is 24.2. The number of aromatic nitrogens is 1. The minimum atomic E-state index is -1.18. The van der Waals surface area contributed by atoms with Crippen molar-refractivity contribution in [2.45, 2.75) is 6.54 Å². The average Bonchev–Trinajstić information content (AvgIpc) is 2.15. The van der Waals surface area contributed by atoms with Gasteiger partial charge in [0.25, 0.3) is 5.56 Å². The number of nitrogens with zero attached hydrogens (tertiary/aromatic N) is 2. The largest absolute Gasteiger partial charge is 0.477 e. The van der Waals surface area contributed by atoms with Crippen molar-refractivity contribution in [2.75, 3.05) is 20.6 Å². The van der Waals surface area contributed by atoms with Crippen molar-refractivity contribution in [1.29, 1.82) is 0 Å². The van der Waals surface area contributed by atoms with Crippen molar-refractivity contribution in [1.82, 2.24) is 9.47 Å². The van der Waals surface area contributed by atoms with Crippen LogP contribution in [0.25, 0.3) is 0 Å². The minimum Gasteiger partial charge on any atom is -0.477 e. The van der Waals surface area contributed by atoms with E-state index < -0.39 is 11.5 Å². The van der Waals surface area contributed by atoms with Gasteiger partial charge < -0.3 is 14.6 Å². The molecule has 0 spiro atoms. The molecule has 0 radical (unpaired) electrons. The summed E-state index contributed by atoms with van der Waals surface area (Å²) in [6.07, 6.45) is 1.60. The molecular weight excluding hydrogens is 196 g/mol. The van der Waals surface area contributed by atoms with E-state index in [1.54, 1.807) is 12.3 Å². The number of hydrogen-bond donors (Lipinski definition) is 1. The number of aromatic carboxylic acids is 1. The van der Waals surface area contributed by atoms with Gasteiger partial charge in [-0.3, -0.25) is 4.79 Å². The van der Waals surface area contributed by atoms with Gasteiger partial charge in [0, 0.05) is 19.3 Å². The third-order valence-electron chi connectivity index (χ3n) is 2.04. The van der Waals surface area contributed by atoms with Crippen LogP contribution in [0.4, 0.5) is 0 Å². The normalized spacial score (nSPS) is 10.6. The van der Waals surface area contributed by atoms with Crippen molar-refractivity contribution in [3.8, 4) is 0 Å². The fraction of sp³-hybridized carbons (Fsp3) is 0.400. The standard InChI is InChI=1S/C10H14N2O3/c1-11(2)6-7-12-5-3-4-8(9(12)13)10(14)15/h3-5H,6-7H2,1-2H3,(H,14,15). The average molecular weight is 210 g/mol. The zero-order valence-electron chi connectivity index (χ0n) is 8.80. The molecular formula is C10H14N2O3. The van der Waals surface area contributed by atoms with E-state index in [1.165, 1.54) is 10.6 Å². The summed E-state index contributed by atoms with van der Waals surface area (Å²) in [5.41, 5.74) is -0.636. The molecule has 1 rings (SSSR count). The van der Waals surface area contributed by atoms with Crippen molar-refractivity contribution >= 4 is 5.97 Å². The molecule has 0 fully saturated rings. The zero-order chi connectivity index (χ0) is 11.4. The van der Waals surface area contributed by atoms with Gasteiger partial charge in [-0.15, -0.1) is 0 Å². The second-order valence-electron chi connectivity index (χ2n) is 3.53. The molecule has 82 valence electrons. The maximum Gasteiger partial charge on any atom is 0.341 e. The molecule has 1 heterocycles. The third-order valence-corrected chi connectivity index (χ3v) is 2.04. The lowest BCUT2D eigenvalue weighted by Gasteiger charge is -2.11. The first kappa shape index (κ1) is 11.5. The lowest BCUT2D eigenvalue weighted by molar-refractivity contribution is 0.0694. The van der Waals surface area contributed by atoms with Gasteiger partial charge in [0.1, 0.15) is 5.56 Å². The summed E-state index contributed by atoms with van der Waals surface area (Å²) in [6.45, 7) is 1.19. The Kier molecular flexibility index (Phi) is 3.62. The van der Waals surface area contributed by atoms with E-state index in [-0.39, 0.29) is 5.56 Å². The molecule has 0 aliphatic heterocycles. The Balaban J connectivity index is 2.95. The first-order chi connectivity index (χ1) is 7.02. The predicted molar refractivity (Wildman–Crippen MR) is 56.2 cm³/mol. The summed E-state index contributed by atoms with van der Waals surface area (Å²) >= 11 is 0. The van der Waals surface area contributed by atoms with Gasteiger partial charge >= 0.3 is 5.97 Å². The molecule has 5 heteroatoms. The van der Waals surface area contributed by atoms with Gasteiger partial charge in [-0.1, -0.05) is 0 Å². The Bertz CT molecular complexity index is 409. The zero-order valence-corrected chi connectivity index (χ0v) is 8.80.